The lowest BCUT2D eigenvalue weighted by Gasteiger charge is -2.38. The van der Waals surface area contributed by atoms with E-state index in [1.165, 1.54) is 4.90 Å². The van der Waals surface area contributed by atoms with Crippen LogP contribution in [-0.4, -0.2) is 82.8 Å². The summed E-state index contributed by atoms with van der Waals surface area (Å²) in [6.45, 7) is 5.06. The van der Waals surface area contributed by atoms with Crippen molar-refractivity contribution in [2.75, 3.05) is 32.8 Å². The molecule has 2 fully saturated rings. The molecule has 2 saturated heterocycles. The molecule has 4 rings (SSSR count). The van der Waals surface area contributed by atoms with Gasteiger partial charge in [-0.2, -0.15) is 0 Å². The summed E-state index contributed by atoms with van der Waals surface area (Å²) in [5.41, 5.74) is -2.28. The van der Waals surface area contributed by atoms with Gasteiger partial charge in [-0.05, 0) is 19.3 Å². The van der Waals surface area contributed by atoms with E-state index >= 15 is 0 Å². The van der Waals surface area contributed by atoms with Gasteiger partial charge in [-0.3, -0.25) is 14.4 Å². The molecule has 0 bridgehead atoms. The third kappa shape index (κ3) is 3.39. The Morgan fingerprint density at radius 3 is 2.59 bits per heavy atom. The summed E-state index contributed by atoms with van der Waals surface area (Å²) in [5, 5.41) is 9.67. The van der Waals surface area contributed by atoms with E-state index in [1.54, 1.807) is 4.90 Å². The summed E-state index contributed by atoms with van der Waals surface area (Å²) < 4.78 is 12.2. The standard InChI is InChI=1S/C24H34N2O6/c1-3-5-7-12-25-13-9-11-24-17(20(28)26(14-15-27)19(24)21(25)29)18-22(30)31-16-8-6-10-23(18,4-2)32-24/h6,9-11,17-19,27H,3-5,7-8,12-16H2,1-2H3/t17-,18-,19?,23+,24-/m0/s1. The second-order valence-corrected chi connectivity index (χ2v) is 9.13. The van der Waals surface area contributed by atoms with E-state index in [4.69, 9.17) is 9.47 Å². The van der Waals surface area contributed by atoms with Gasteiger partial charge in [-0.25, -0.2) is 0 Å². The van der Waals surface area contributed by atoms with Crippen LogP contribution in [0, 0.1) is 11.8 Å². The van der Waals surface area contributed by atoms with Crippen LogP contribution in [-0.2, 0) is 23.9 Å². The maximum Gasteiger partial charge on any atom is 0.313 e. The van der Waals surface area contributed by atoms with Crippen molar-refractivity contribution in [2.45, 2.75) is 63.2 Å². The molecule has 0 radical (unpaired) electrons. The maximum atomic E-state index is 13.8. The largest absolute Gasteiger partial charge is 0.465 e. The zero-order chi connectivity index (χ0) is 22.9. The van der Waals surface area contributed by atoms with E-state index in [1.807, 2.05) is 31.2 Å². The number of β-amino-alcohol motifs (C(OH)–C–C–N with tert-alkyl or cyclic N) is 1. The number of rotatable bonds is 7. The fourth-order valence-corrected chi connectivity index (χ4v) is 5.88. The smallest absolute Gasteiger partial charge is 0.313 e. The minimum Gasteiger partial charge on any atom is -0.465 e. The first-order chi connectivity index (χ1) is 15.5. The van der Waals surface area contributed by atoms with Crippen LogP contribution in [0.15, 0.2) is 24.3 Å². The molecule has 0 aromatic rings. The Kier molecular flexibility index (Phi) is 6.45. The number of cyclic esters (lactones) is 1. The summed E-state index contributed by atoms with van der Waals surface area (Å²) in [4.78, 5) is 43.9. The van der Waals surface area contributed by atoms with Crippen LogP contribution in [0.2, 0.25) is 0 Å². The number of ether oxygens (including phenoxy) is 2. The topological polar surface area (TPSA) is 96.4 Å². The molecule has 0 aliphatic carbocycles. The first kappa shape index (κ1) is 23.0. The minimum absolute atomic E-state index is 0.0181. The van der Waals surface area contributed by atoms with Crippen molar-refractivity contribution in [1.82, 2.24) is 9.80 Å². The molecule has 8 nitrogen and oxygen atoms in total. The third-order valence-corrected chi connectivity index (χ3v) is 7.36. The maximum absolute atomic E-state index is 13.8. The molecule has 4 heterocycles. The molecule has 0 saturated carbocycles. The Bertz CT molecular complexity index is 825. The van der Waals surface area contributed by atoms with E-state index in [0.717, 1.165) is 19.3 Å². The van der Waals surface area contributed by atoms with Gasteiger partial charge in [0.25, 0.3) is 0 Å². The van der Waals surface area contributed by atoms with Crippen molar-refractivity contribution in [3.63, 3.8) is 0 Å². The average Bonchev–Trinajstić information content (AvgIpc) is 3.11. The fraction of sp³-hybridized carbons (Fsp3) is 0.708. The molecule has 0 aromatic carbocycles. The lowest BCUT2D eigenvalue weighted by molar-refractivity contribution is -0.162. The Labute approximate surface area is 189 Å². The SMILES string of the molecule is CCCCCN1CC=C[C@]23O[C@]4(CC)C=CCCOC(=O)[C@@H]4[C@H]2C(=O)N(CCO)C3C1=O. The summed E-state index contributed by atoms with van der Waals surface area (Å²) >= 11 is 0. The van der Waals surface area contributed by atoms with Gasteiger partial charge in [0.15, 0.2) is 0 Å². The number of carbonyl (C=O) groups excluding carboxylic acids is 3. The van der Waals surface area contributed by atoms with Crippen molar-refractivity contribution in [3.05, 3.63) is 24.3 Å². The van der Waals surface area contributed by atoms with Crippen LogP contribution in [0.1, 0.15) is 46.0 Å². The molecule has 0 aromatic heterocycles. The van der Waals surface area contributed by atoms with Crippen molar-refractivity contribution in [2.24, 2.45) is 11.8 Å². The van der Waals surface area contributed by atoms with Crippen LogP contribution in [0.3, 0.4) is 0 Å². The second kappa shape index (κ2) is 8.98. The Morgan fingerprint density at radius 2 is 1.88 bits per heavy atom. The molecule has 4 aliphatic heterocycles. The van der Waals surface area contributed by atoms with Crippen molar-refractivity contribution in [1.29, 1.82) is 0 Å². The van der Waals surface area contributed by atoms with Crippen LogP contribution < -0.4 is 0 Å². The first-order valence-electron chi connectivity index (χ1n) is 11.9. The van der Waals surface area contributed by atoms with Gasteiger partial charge in [-0.15, -0.1) is 0 Å². The number of aliphatic hydroxyl groups is 1. The summed E-state index contributed by atoms with van der Waals surface area (Å²) in [6.07, 6.45) is 11.5. The highest BCUT2D eigenvalue weighted by molar-refractivity contribution is 5.99. The predicted octanol–water partition coefficient (Wildman–Crippen LogP) is 1.43. The summed E-state index contributed by atoms with van der Waals surface area (Å²) in [6, 6.07) is -0.912. The van der Waals surface area contributed by atoms with E-state index in [-0.39, 0.29) is 31.6 Å². The number of nitrogens with zero attached hydrogens (tertiary/aromatic N) is 2. The lowest BCUT2D eigenvalue weighted by atomic mass is 9.73. The number of hydrogen-bond donors (Lipinski definition) is 1. The Hall–Kier alpha value is -2.19. The molecule has 1 N–H and O–H groups in total. The zero-order valence-electron chi connectivity index (χ0n) is 19.0. The van der Waals surface area contributed by atoms with Gasteiger partial charge in [0.05, 0.1) is 19.1 Å². The Balaban J connectivity index is 1.81. The van der Waals surface area contributed by atoms with Crippen molar-refractivity contribution < 1.29 is 29.0 Å². The number of carbonyl (C=O) groups is 3. The van der Waals surface area contributed by atoms with E-state index in [0.29, 0.717) is 25.9 Å². The van der Waals surface area contributed by atoms with E-state index in [9.17, 15) is 19.5 Å². The molecular weight excluding hydrogens is 412 g/mol. The highest BCUT2D eigenvalue weighted by Gasteiger charge is 2.75. The highest BCUT2D eigenvalue weighted by Crippen LogP contribution is 2.58. The average molecular weight is 447 g/mol. The van der Waals surface area contributed by atoms with Crippen molar-refractivity contribution >= 4 is 17.8 Å². The van der Waals surface area contributed by atoms with Crippen LogP contribution >= 0.6 is 0 Å². The molecule has 32 heavy (non-hydrogen) atoms. The zero-order valence-corrected chi connectivity index (χ0v) is 19.0. The lowest BCUT2D eigenvalue weighted by Crippen LogP contribution is -2.56. The van der Waals surface area contributed by atoms with Gasteiger partial charge in [0.1, 0.15) is 23.2 Å². The quantitative estimate of drug-likeness (QED) is 0.361. The number of unbranched alkanes of at least 4 members (excludes halogenated alkanes) is 2. The normalized spacial score (nSPS) is 36.3. The Morgan fingerprint density at radius 1 is 1.06 bits per heavy atom. The summed E-state index contributed by atoms with van der Waals surface area (Å²) in [7, 11) is 0. The first-order valence-corrected chi connectivity index (χ1v) is 11.9. The van der Waals surface area contributed by atoms with Gasteiger partial charge >= 0.3 is 5.97 Å². The molecule has 1 unspecified atom stereocenters. The van der Waals surface area contributed by atoms with Crippen LogP contribution in [0.4, 0.5) is 0 Å². The number of amides is 2. The van der Waals surface area contributed by atoms with Gasteiger partial charge in [0.2, 0.25) is 11.8 Å². The molecule has 1 spiro atoms. The van der Waals surface area contributed by atoms with Crippen molar-refractivity contribution in [3.8, 4) is 0 Å². The van der Waals surface area contributed by atoms with Gasteiger partial charge in [-0.1, -0.05) is 51.0 Å². The summed E-state index contributed by atoms with van der Waals surface area (Å²) in [5.74, 6) is -2.69. The third-order valence-electron chi connectivity index (χ3n) is 7.36. The van der Waals surface area contributed by atoms with Crippen LogP contribution in [0.5, 0.6) is 0 Å². The molecule has 8 heteroatoms. The van der Waals surface area contributed by atoms with E-state index in [2.05, 4.69) is 6.92 Å². The molecule has 5 atom stereocenters. The monoisotopic (exact) mass is 446 g/mol. The molecule has 4 aliphatic rings. The fourth-order valence-electron chi connectivity index (χ4n) is 5.88. The molecule has 2 amide bonds. The number of esters is 1. The van der Waals surface area contributed by atoms with Gasteiger partial charge < -0.3 is 24.4 Å². The number of aliphatic hydroxyl groups excluding tert-OH is 1. The number of likely N-dealkylation sites (tertiary alicyclic amines) is 1. The van der Waals surface area contributed by atoms with Gasteiger partial charge in [0, 0.05) is 19.6 Å². The molecule has 176 valence electrons. The number of hydrogen-bond acceptors (Lipinski definition) is 6. The second-order valence-electron chi connectivity index (χ2n) is 9.13. The van der Waals surface area contributed by atoms with E-state index < -0.39 is 35.0 Å². The minimum atomic E-state index is -1.27. The predicted molar refractivity (Wildman–Crippen MR) is 116 cm³/mol. The molecular formula is C24H34N2O6. The number of fused-ring (bicyclic) bond motifs is 2. The van der Waals surface area contributed by atoms with Crippen LogP contribution in [0.25, 0.3) is 0 Å². The highest BCUT2D eigenvalue weighted by atomic mass is 16.6.